The molecule has 1 unspecified atom stereocenters. The molecule has 0 bridgehead atoms. The van der Waals surface area contributed by atoms with Gasteiger partial charge in [0.1, 0.15) is 11.4 Å². The van der Waals surface area contributed by atoms with E-state index < -0.39 is 27.2 Å². The number of nitrogens with zero attached hydrogens (tertiary/aromatic N) is 1. The molecule has 0 radical (unpaired) electrons. The van der Waals surface area contributed by atoms with E-state index in [2.05, 4.69) is 16.5 Å². The normalized spacial score (nSPS) is 15.5. The van der Waals surface area contributed by atoms with Crippen LogP contribution in [0.2, 0.25) is 0 Å². The maximum Gasteiger partial charge on any atom is 0.321 e. The van der Waals surface area contributed by atoms with Gasteiger partial charge in [0, 0.05) is 10.6 Å². The standard InChI is InChI=1S/C24H32N2O4S3/c1-4-5-9-14-32-26-16-31-21-15-19(12-13-20(21)26)33(29,30)23(18-10-7-6-8-11-18)25-22(17(2)3)24(27)28/h6-8,10-13,15,17,22-23,25H,4-5,9,14,16H2,1-3H3,(H,27,28)/t22-,23?/m1/s1. The van der Waals surface area contributed by atoms with Crippen molar-refractivity contribution in [1.29, 1.82) is 0 Å². The van der Waals surface area contributed by atoms with E-state index in [1.165, 1.54) is 12.8 Å². The first-order chi connectivity index (χ1) is 15.8. The molecule has 0 aromatic heterocycles. The van der Waals surface area contributed by atoms with Crippen LogP contribution >= 0.6 is 23.7 Å². The van der Waals surface area contributed by atoms with Crippen LogP contribution in [0.4, 0.5) is 5.69 Å². The maximum atomic E-state index is 13.8. The summed E-state index contributed by atoms with van der Waals surface area (Å²) in [5.74, 6) is 0.476. The number of thioether (sulfide) groups is 1. The summed E-state index contributed by atoms with van der Waals surface area (Å²) in [7, 11) is -3.89. The number of carbonyl (C=O) groups is 1. The van der Waals surface area contributed by atoms with E-state index in [4.69, 9.17) is 0 Å². The Bertz CT molecular complexity index is 1040. The van der Waals surface area contributed by atoms with Gasteiger partial charge in [-0.2, -0.15) is 0 Å². The van der Waals surface area contributed by atoms with E-state index in [9.17, 15) is 18.3 Å². The highest BCUT2D eigenvalue weighted by molar-refractivity contribution is 8.04. The third-order valence-corrected chi connectivity index (χ3v) is 9.77. The van der Waals surface area contributed by atoms with Crippen molar-refractivity contribution in [3.8, 4) is 0 Å². The minimum atomic E-state index is -3.89. The first kappa shape index (κ1) is 25.9. The van der Waals surface area contributed by atoms with Crippen molar-refractivity contribution in [2.75, 3.05) is 15.9 Å². The van der Waals surface area contributed by atoms with Crippen LogP contribution < -0.4 is 9.62 Å². The summed E-state index contributed by atoms with van der Waals surface area (Å²) >= 11 is 3.41. The van der Waals surface area contributed by atoms with Gasteiger partial charge < -0.3 is 9.41 Å². The van der Waals surface area contributed by atoms with Gasteiger partial charge in [-0.05, 0) is 48.0 Å². The van der Waals surface area contributed by atoms with Crippen molar-refractivity contribution < 1.29 is 18.3 Å². The second-order valence-corrected chi connectivity index (χ2v) is 12.5. The van der Waals surface area contributed by atoms with E-state index in [0.717, 1.165) is 28.6 Å². The molecule has 2 aromatic rings. The van der Waals surface area contributed by atoms with Crippen molar-refractivity contribution in [2.24, 2.45) is 5.92 Å². The molecule has 0 saturated heterocycles. The van der Waals surface area contributed by atoms with Gasteiger partial charge in [-0.25, -0.2) is 8.42 Å². The zero-order valence-electron chi connectivity index (χ0n) is 19.2. The molecule has 6 nitrogen and oxygen atoms in total. The molecule has 180 valence electrons. The Morgan fingerprint density at radius 3 is 2.55 bits per heavy atom. The first-order valence-corrected chi connectivity index (χ1v) is 14.7. The fourth-order valence-corrected chi connectivity index (χ4v) is 7.69. The second kappa shape index (κ2) is 11.6. The molecule has 2 N–H and O–H groups in total. The summed E-state index contributed by atoms with van der Waals surface area (Å²) in [5, 5.41) is 11.4. The van der Waals surface area contributed by atoms with Gasteiger partial charge in [-0.15, -0.1) is 11.8 Å². The predicted octanol–water partition coefficient (Wildman–Crippen LogP) is 5.57. The lowest BCUT2D eigenvalue weighted by Gasteiger charge is -2.26. The van der Waals surface area contributed by atoms with Crippen LogP contribution in [0.3, 0.4) is 0 Å². The van der Waals surface area contributed by atoms with Gasteiger partial charge in [0.15, 0.2) is 9.84 Å². The first-order valence-electron chi connectivity index (χ1n) is 11.2. The van der Waals surface area contributed by atoms with Gasteiger partial charge in [-0.3, -0.25) is 10.1 Å². The van der Waals surface area contributed by atoms with Crippen LogP contribution in [-0.2, 0) is 14.6 Å². The lowest BCUT2D eigenvalue weighted by Crippen LogP contribution is -2.45. The van der Waals surface area contributed by atoms with Gasteiger partial charge in [0.2, 0.25) is 0 Å². The Labute approximate surface area is 205 Å². The third kappa shape index (κ3) is 6.26. The minimum Gasteiger partial charge on any atom is -0.480 e. The van der Waals surface area contributed by atoms with E-state index in [1.54, 1.807) is 74.0 Å². The number of rotatable bonds is 12. The zero-order valence-corrected chi connectivity index (χ0v) is 21.7. The molecule has 0 saturated carbocycles. The van der Waals surface area contributed by atoms with Crippen molar-refractivity contribution in [3.05, 3.63) is 54.1 Å². The summed E-state index contributed by atoms with van der Waals surface area (Å²) in [6.07, 6.45) is 3.55. The number of carboxylic acid groups (broad SMARTS) is 1. The van der Waals surface area contributed by atoms with Gasteiger partial charge in [-0.1, -0.05) is 63.9 Å². The number of anilines is 1. The molecule has 9 heteroatoms. The molecule has 0 aliphatic carbocycles. The number of unbranched alkanes of at least 4 members (excludes halogenated alkanes) is 2. The summed E-state index contributed by atoms with van der Waals surface area (Å²) in [5.41, 5.74) is 1.56. The molecule has 0 amide bonds. The van der Waals surface area contributed by atoms with Crippen LogP contribution in [0, 0.1) is 5.92 Å². The molecular weight excluding hydrogens is 476 g/mol. The van der Waals surface area contributed by atoms with Gasteiger partial charge in [0.05, 0.1) is 16.5 Å². The number of nitrogens with one attached hydrogen (secondary N) is 1. The molecule has 0 spiro atoms. The topological polar surface area (TPSA) is 86.7 Å². The lowest BCUT2D eigenvalue weighted by molar-refractivity contribution is -0.140. The van der Waals surface area contributed by atoms with Crippen molar-refractivity contribution in [1.82, 2.24) is 5.32 Å². The number of benzene rings is 2. The van der Waals surface area contributed by atoms with Crippen LogP contribution in [0.5, 0.6) is 0 Å². The predicted molar refractivity (Wildman–Crippen MR) is 137 cm³/mol. The zero-order chi connectivity index (χ0) is 24.0. The SMILES string of the molecule is CCCCCSN1CSc2cc(S(=O)(=O)C(N[C@@H](C(=O)O)C(C)C)c3ccccc3)ccc21. The Kier molecular flexibility index (Phi) is 9.15. The Hall–Kier alpha value is -1.68. The van der Waals surface area contributed by atoms with Crippen LogP contribution in [0.15, 0.2) is 58.3 Å². The molecule has 0 fully saturated rings. The molecule has 2 atom stereocenters. The fourth-order valence-electron chi connectivity index (χ4n) is 3.67. The Morgan fingerprint density at radius 1 is 1.18 bits per heavy atom. The van der Waals surface area contributed by atoms with Crippen molar-refractivity contribution in [2.45, 2.75) is 61.2 Å². The van der Waals surface area contributed by atoms with Gasteiger partial charge in [0.25, 0.3) is 0 Å². The van der Waals surface area contributed by atoms with E-state index in [-0.39, 0.29) is 10.8 Å². The number of fused-ring (bicyclic) bond motifs is 1. The molecule has 33 heavy (non-hydrogen) atoms. The fraction of sp³-hybridized carbons (Fsp3) is 0.458. The quantitative estimate of drug-likeness (QED) is 0.284. The number of carboxylic acids is 1. The highest BCUT2D eigenvalue weighted by Crippen LogP contribution is 2.44. The molecule has 1 heterocycles. The van der Waals surface area contributed by atoms with Gasteiger partial charge >= 0.3 is 5.97 Å². The summed E-state index contributed by atoms with van der Waals surface area (Å²) in [4.78, 5) is 12.9. The highest BCUT2D eigenvalue weighted by atomic mass is 32.2. The van der Waals surface area contributed by atoms with Crippen molar-refractivity contribution >= 4 is 45.2 Å². The van der Waals surface area contributed by atoms with E-state index >= 15 is 0 Å². The number of sulfone groups is 1. The number of aliphatic carboxylic acids is 1. The second-order valence-electron chi connectivity index (χ2n) is 8.38. The summed E-state index contributed by atoms with van der Waals surface area (Å²) in [6, 6.07) is 13.0. The Morgan fingerprint density at radius 2 is 1.91 bits per heavy atom. The van der Waals surface area contributed by atoms with Crippen LogP contribution in [0.25, 0.3) is 0 Å². The summed E-state index contributed by atoms with van der Waals surface area (Å²) in [6.45, 7) is 5.71. The van der Waals surface area contributed by atoms with E-state index in [0.29, 0.717) is 5.56 Å². The highest BCUT2D eigenvalue weighted by Gasteiger charge is 2.35. The van der Waals surface area contributed by atoms with Crippen molar-refractivity contribution in [3.63, 3.8) is 0 Å². The number of hydrogen-bond donors (Lipinski definition) is 2. The monoisotopic (exact) mass is 508 g/mol. The Balaban J connectivity index is 1.90. The lowest BCUT2D eigenvalue weighted by atomic mass is 10.0. The number of hydrogen-bond acceptors (Lipinski definition) is 7. The van der Waals surface area contributed by atoms with E-state index in [1.807, 2.05) is 12.1 Å². The minimum absolute atomic E-state index is 0.195. The molecule has 1 aliphatic heterocycles. The molecule has 1 aliphatic rings. The van der Waals surface area contributed by atoms with Crippen LogP contribution in [-0.4, -0.2) is 37.2 Å². The smallest absolute Gasteiger partial charge is 0.321 e. The average molecular weight is 509 g/mol. The maximum absolute atomic E-state index is 13.8. The average Bonchev–Trinajstić information content (AvgIpc) is 3.19. The third-order valence-electron chi connectivity index (χ3n) is 5.54. The molecule has 3 rings (SSSR count). The van der Waals surface area contributed by atoms with Crippen LogP contribution in [0.1, 0.15) is 51.0 Å². The molecular formula is C24H32N2O4S3. The largest absolute Gasteiger partial charge is 0.480 e. The molecule has 2 aromatic carbocycles. The summed E-state index contributed by atoms with van der Waals surface area (Å²) < 4.78 is 29.7.